The Morgan fingerprint density at radius 3 is 3.06 bits per heavy atom. The molecule has 0 unspecified atom stereocenters. The van der Waals surface area contributed by atoms with Crippen LogP contribution in [-0.4, -0.2) is 21.5 Å². The summed E-state index contributed by atoms with van der Waals surface area (Å²) in [4.78, 5) is 11.5. The predicted molar refractivity (Wildman–Crippen MR) is 70.9 cm³/mol. The Labute approximate surface area is 99.8 Å². The minimum atomic E-state index is 0.653. The smallest absolute Gasteiger partial charge is 0.154 e. The molecule has 86 valence electrons. The van der Waals surface area contributed by atoms with Gasteiger partial charge in [-0.25, -0.2) is 9.97 Å². The van der Waals surface area contributed by atoms with Gasteiger partial charge >= 0.3 is 0 Å². The maximum atomic E-state index is 4.20. The lowest BCUT2D eigenvalue weighted by Gasteiger charge is -2.06. The maximum Gasteiger partial charge on any atom is 0.154 e. The second kappa shape index (κ2) is 5.12. The lowest BCUT2D eigenvalue weighted by atomic mass is 10.2. The molecule has 0 spiro atoms. The van der Waals surface area contributed by atoms with Crippen molar-refractivity contribution in [3.8, 4) is 0 Å². The summed E-state index contributed by atoms with van der Waals surface area (Å²) in [6.45, 7) is 8.06. The van der Waals surface area contributed by atoms with Crippen molar-refractivity contribution >= 4 is 16.9 Å². The molecule has 2 aromatic rings. The number of nitrogens with zero attached hydrogens (tertiary/aromatic N) is 2. The van der Waals surface area contributed by atoms with Gasteiger partial charge in [-0.1, -0.05) is 31.4 Å². The maximum absolute atomic E-state index is 4.20. The molecule has 0 bridgehead atoms. The topological polar surface area (TPSA) is 53.6 Å². The predicted octanol–water partition coefficient (Wildman–Crippen LogP) is 2.67. The van der Waals surface area contributed by atoms with E-state index in [0.29, 0.717) is 6.54 Å². The summed E-state index contributed by atoms with van der Waals surface area (Å²) in [5.74, 6) is 0.789. The van der Waals surface area contributed by atoms with Crippen LogP contribution in [0.4, 0.5) is 5.82 Å². The lowest BCUT2D eigenvalue weighted by Crippen LogP contribution is -2.05. The van der Waals surface area contributed by atoms with Crippen LogP contribution in [0.3, 0.4) is 0 Å². The van der Waals surface area contributed by atoms with Crippen molar-refractivity contribution in [2.75, 3.05) is 11.9 Å². The van der Waals surface area contributed by atoms with Gasteiger partial charge in [0.25, 0.3) is 0 Å². The fourth-order valence-corrected chi connectivity index (χ4v) is 1.54. The Kier molecular flexibility index (Phi) is 3.35. The normalized spacial score (nSPS) is 11.4. The molecule has 0 fully saturated rings. The first-order valence-corrected chi connectivity index (χ1v) is 5.31. The SMILES string of the molecule is C=C/C=C(\C=C)CNc1ncnc2cc[nH]c12. The van der Waals surface area contributed by atoms with E-state index in [0.717, 1.165) is 22.4 Å². The second-order valence-electron chi connectivity index (χ2n) is 3.50. The zero-order valence-corrected chi connectivity index (χ0v) is 9.48. The van der Waals surface area contributed by atoms with Crippen LogP contribution < -0.4 is 5.32 Å². The number of anilines is 1. The molecule has 0 saturated carbocycles. The van der Waals surface area contributed by atoms with Crippen molar-refractivity contribution in [1.29, 1.82) is 0 Å². The first-order chi connectivity index (χ1) is 8.35. The average Bonchev–Trinajstić information content (AvgIpc) is 2.83. The van der Waals surface area contributed by atoms with Crippen LogP contribution in [0.2, 0.25) is 0 Å². The van der Waals surface area contributed by atoms with E-state index < -0.39 is 0 Å². The fourth-order valence-electron chi connectivity index (χ4n) is 1.54. The molecular formula is C13H14N4. The summed E-state index contributed by atoms with van der Waals surface area (Å²) < 4.78 is 0. The van der Waals surface area contributed by atoms with E-state index in [-0.39, 0.29) is 0 Å². The van der Waals surface area contributed by atoms with Gasteiger partial charge in [0.2, 0.25) is 0 Å². The molecular weight excluding hydrogens is 212 g/mol. The largest absolute Gasteiger partial charge is 0.364 e. The minimum absolute atomic E-state index is 0.653. The molecule has 2 aromatic heterocycles. The second-order valence-corrected chi connectivity index (χ2v) is 3.50. The molecule has 2 heterocycles. The van der Waals surface area contributed by atoms with Gasteiger partial charge in [0.05, 0.1) is 5.52 Å². The number of rotatable bonds is 5. The molecule has 0 amide bonds. The Morgan fingerprint density at radius 1 is 1.41 bits per heavy atom. The van der Waals surface area contributed by atoms with Crippen molar-refractivity contribution in [3.05, 3.63) is 55.5 Å². The van der Waals surface area contributed by atoms with E-state index in [1.165, 1.54) is 0 Å². The van der Waals surface area contributed by atoms with E-state index in [9.17, 15) is 0 Å². The molecule has 4 heteroatoms. The molecule has 0 atom stereocenters. The third-order valence-electron chi connectivity index (χ3n) is 2.40. The Bertz CT molecular complexity index is 566. The van der Waals surface area contributed by atoms with Crippen molar-refractivity contribution in [1.82, 2.24) is 15.0 Å². The first-order valence-electron chi connectivity index (χ1n) is 5.31. The number of aromatic amines is 1. The van der Waals surface area contributed by atoms with Crippen molar-refractivity contribution < 1.29 is 0 Å². The van der Waals surface area contributed by atoms with Crippen LogP contribution >= 0.6 is 0 Å². The summed E-state index contributed by atoms with van der Waals surface area (Å²) >= 11 is 0. The number of hydrogen-bond donors (Lipinski definition) is 2. The van der Waals surface area contributed by atoms with E-state index in [4.69, 9.17) is 0 Å². The number of nitrogens with one attached hydrogen (secondary N) is 2. The highest BCUT2D eigenvalue weighted by atomic mass is 15.0. The van der Waals surface area contributed by atoms with Crippen LogP contribution in [0.25, 0.3) is 11.0 Å². The van der Waals surface area contributed by atoms with Crippen LogP contribution in [0.1, 0.15) is 0 Å². The van der Waals surface area contributed by atoms with Gasteiger partial charge in [-0.3, -0.25) is 0 Å². The molecule has 0 aromatic carbocycles. The van der Waals surface area contributed by atoms with E-state index in [2.05, 4.69) is 33.4 Å². The molecule has 4 nitrogen and oxygen atoms in total. The molecule has 0 saturated heterocycles. The molecule has 0 aliphatic carbocycles. The lowest BCUT2D eigenvalue weighted by molar-refractivity contribution is 1.16. The van der Waals surface area contributed by atoms with Crippen molar-refractivity contribution in [2.24, 2.45) is 0 Å². The third-order valence-corrected chi connectivity index (χ3v) is 2.40. The van der Waals surface area contributed by atoms with Gasteiger partial charge in [-0.2, -0.15) is 0 Å². The molecule has 17 heavy (non-hydrogen) atoms. The van der Waals surface area contributed by atoms with E-state index in [1.54, 1.807) is 18.5 Å². The monoisotopic (exact) mass is 226 g/mol. The molecule has 0 aliphatic heterocycles. The first kappa shape index (κ1) is 11.1. The third kappa shape index (κ3) is 2.42. The quantitative estimate of drug-likeness (QED) is 0.771. The van der Waals surface area contributed by atoms with Crippen LogP contribution in [0.5, 0.6) is 0 Å². The van der Waals surface area contributed by atoms with Crippen LogP contribution in [0, 0.1) is 0 Å². The summed E-state index contributed by atoms with van der Waals surface area (Å²) in [5.41, 5.74) is 2.86. The number of allylic oxidation sites excluding steroid dienone is 2. The van der Waals surface area contributed by atoms with Crippen molar-refractivity contribution in [2.45, 2.75) is 0 Å². The number of H-pyrrole nitrogens is 1. The highest BCUT2D eigenvalue weighted by Crippen LogP contribution is 2.16. The molecule has 0 aliphatic rings. The van der Waals surface area contributed by atoms with Gasteiger partial charge in [-0.05, 0) is 11.6 Å². The van der Waals surface area contributed by atoms with E-state index in [1.807, 2.05) is 18.3 Å². The Balaban J connectivity index is 2.18. The van der Waals surface area contributed by atoms with Gasteiger partial charge in [0.15, 0.2) is 5.82 Å². The number of aromatic nitrogens is 3. The number of fused-ring (bicyclic) bond motifs is 1. The van der Waals surface area contributed by atoms with Gasteiger partial charge in [0, 0.05) is 12.7 Å². The summed E-state index contributed by atoms with van der Waals surface area (Å²) in [7, 11) is 0. The molecule has 2 rings (SSSR count). The highest BCUT2D eigenvalue weighted by molar-refractivity contribution is 5.85. The van der Waals surface area contributed by atoms with Gasteiger partial charge < -0.3 is 10.3 Å². The van der Waals surface area contributed by atoms with Gasteiger partial charge in [-0.15, -0.1) is 0 Å². The van der Waals surface area contributed by atoms with Gasteiger partial charge in [0.1, 0.15) is 11.8 Å². The molecule has 2 N–H and O–H groups in total. The average molecular weight is 226 g/mol. The summed E-state index contributed by atoms with van der Waals surface area (Å²) in [6.07, 6.45) is 8.83. The minimum Gasteiger partial charge on any atom is -0.364 e. The Morgan fingerprint density at radius 2 is 2.29 bits per heavy atom. The molecule has 0 radical (unpaired) electrons. The zero-order valence-electron chi connectivity index (χ0n) is 9.48. The highest BCUT2D eigenvalue weighted by Gasteiger charge is 2.03. The summed E-state index contributed by atoms with van der Waals surface area (Å²) in [6, 6.07) is 1.91. The van der Waals surface area contributed by atoms with Crippen LogP contribution in [0.15, 0.2) is 55.5 Å². The zero-order chi connectivity index (χ0) is 12.1. The fraction of sp³-hybridized carbons (Fsp3) is 0.0769. The summed E-state index contributed by atoms with van der Waals surface area (Å²) in [5, 5.41) is 3.24. The standard InChI is InChI=1S/C13H14N4/c1-3-5-10(4-2)8-15-13-12-11(6-7-14-12)16-9-17-13/h3-7,9,14H,1-2,8H2,(H,15,16,17)/b10-5+. The Hall–Kier alpha value is -2.36. The van der Waals surface area contributed by atoms with Crippen LogP contribution in [-0.2, 0) is 0 Å². The number of hydrogen-bond acceptors (Lipinski definition) is 3. The van der Waals surface area contributed by atoms with Crippen molar-refractivity contribution in [3.63, 3.8) is 0 Å². The van der Waals surface area contributed by atoms with E-state index >= 15 is 0 Å².